The summed E-state index contributed by atoms with van der Waals surface area (Å²) in [5, 5.41) is 0. The van der Waals surface area contributed by atoms with Crippen LogP contribution in [0.1, 0.15) is 19.8 Å². The minimum Gasteiger partial charge on any atom is -0.379 e. The van der Waals surface area contributed by atoms with Crippen molar-refractivity contribution in [1.29, 1.82) is 0 Å². The van der Waals surface area contributed by atoms with Gasteiger partial charge in [0, 0.05) is 37.6 Å². The van der Waals surface area contributed by atoms with E-state index in [4.69, 9.17) is 4.74 Å². The van der Waals surface area contributed by atoms with Crippen molar-refractivity contribution in [2.45, 2.75) is 29.6 Å². The highest BCUT2D eigenvalue weighted by atomic mass is 32.2. The number of nitrogens with one attached hydrogen (secondary N) is 1. The summed E-state index contributed by atoms with van der Waals surface area (Å²) in [7, 11) is -7.51. The van der Waals surface area contributed by atoms with E-state index >= 15 is 0 Å². The summed E-state index contributed by atoms with van der Waals surface area (Å²) in [5.41, 5.74) is 1.54. The van der Waals surface area contributed by atoms with Crippen LogP contribution in [0.4, 0.5) is 11.4 Å². The molecule has 2 aromatic carbocycles. The average molecular weight is 480 g/mol. The second-order valence-corrected chi connectivity index (χ2v) is 11.9. The number of anilines is 2. The van der Waals surface area contributed by atoms with E-state index in [0.717, 1.165) is 37.5 Å². The molecule has 0 amide bonds. The Balaban J connectivity index is 1.44. The quantitative estimate of drug-likeness (QED) is 0.685. The lowest BCUT2D eigenvalue weighted by atomic mass is 9.99. The molecule has 0 spiro atoms. The van der Waals surface area contributed by atoms with Crippen molar-refractivity contribution in [3.05, 3.63) is 48.5 Å². The molecule has 32 heavy (non-hydrogen) atoms. The van der Waals surface area contributed by atoms with Gasteiger partial charge in [-0.3, -0.25) is 4.72 Å². The van der Waals surface area contributed by atoms with Gasteiger partial charge in [-0.25, -0.2) is 16.8 Å². The lowest BCUT2D eigenvalue weighted by Gasteiger charge is -2.32. The summed E-state index contributed by atoms with van der Waals surface area (Å²) in [5.74, 6) is 0.743. The minimum absolute atomic E-state index is 0.00696. The minimum atomic E-state index is -3.84. The van der Waals surface area contributed by atoms with Gasteiger partial charge in [0.15, 0.2) is 0 Å². The molecule has 0 aliphatic carbocycles. The van der Waals surface area contributed by atoms with Gasteiger partial charge in [-0.2, -0.15) is 4.31 Å². The summed E-state index contributed by atoms with van der Waals surface area (Å²) in [6.45, 7) is 5.56. The highest BCUT2D eigenvalue weighted by Crippen LogP contribution is 2.26. The van der Waals surface area contributed by atoms with Gasteiger partial charge in [-0.1, -0.05) is 6.92 Å². The zero-order valence-corrected chi connectivity index (χ0v) is 19.7. The molecule has 2 fully saturated rings. The normalized spacial score (nSPS) is 19.1. The molecule has 10 heteroatoms. The number of sulfonamides is 2. The summed E-state index contributed by atoms with van der Waals surface area (Å²) >= 11 is 0. The molecule has 0 aromatic heterocycles. The number of benzene rings is 2. The number of nitrogens with zero attached hydrogens (tertiary/aromatic N) is 2. The fourth-order valence-corrected chi connectivity index (χ4v) is 6.41. The van der Waals surface area contributed by atoms with Crippen LogP contribution < -0.4 is 9.62 Å². The van der Waals surface area contributed by atoms with Crippen molar-refractivity contribution < 1.29 is 21.6 Å². The Bertz CT molecular complexity index is 1120. The second kappa shape index (κ2) is 9.38. The van der Waals surface area contributed by atoms with E-state index < -0.39 is 20.0 Å². The lowest BCUT2D eigenvalue weighted by molar-refractivity contribution is 0.0730. The first-order valence-corrected chi connectivity index (χ1v) is 13.7. The van der Waals surface area contributed by atoms with E-state index in [1.807, 2.05) is 12.1 Å². The monoisotopic (exact) mass is 479 g/mol. The van der Waals surface area contributed by atoms with Gasteiger partial charge in [0.1, 0.15) is 0 Å². The van der Waals surface area contributed by atoms with Crippen molar-refractivity contribution in [2.24, 2.45) is 5.92 Å². The third kappa shape index (κ3) is 5.09. The first kappa shape index (κ1) is 23.0. The predicted octanol–water partition coefficient (Wildman–Crippen LogP) is 2.74. The fourth-order valence-electron chi connectivity index (χ4n) is 3.95. The molecular formula is C22H29N3O5S2. The van der Waals surface area contributed by atoms with Crippen LogP contribution >= 0.6 is 0 Å². The number of piperidine rings is 1. The van der Waals surface area contributed by atoms with Crippen molar-refractivity contribution in [3.8, 4) is 0 Å². The van der Waals surface area contributed by atoms with Crippen molar-refractivity contribution in [1.82, 2.24) is 4.31 Å². The summed E-state index contributed by atoms with van der Waals surface area (Å²) in [4.78, 5) is 2.39. The molecule has 2 heterocycles. The number of morpholine rings is 1. The summed E-state index contributed by atoms with van der Waals surface area (Å²) in [6, 6.07) is 12.7. The van der Waals surface area contributed by atoms with Crippen LogP contribution in [-0.2, 0) is 24.8 Å². The smallest absolute Gasteiger partial charge is 0.261 e. The maximum Gasteiger partial charge on any atom is 0.261 e. The Morgan fingerprint density at radius 3 is 1.97 bits per heavy atom. The summed E-state index contributed by atoms with van der Waals surface area (Å²) in [6.07, 6.45) is 2.32. The first-order chi connectivity index (χ1) is 15.3. The third-order valence-electron chi connectivity index (χ3n) is 6.01. The Hall–Kier alpha value is -2.14. The van der Waals surface area contributed by atoms with Gasteiger partial charge < -0.3 is 9.64 Å². The SMILES string of the molecule is CC1CCN(c2ccc(NS(=O)(=O)c3ccc(S(=O)(=O)N4CCOCC4)cc3)cc2)CC1. The Morgan fingerprint density at radius 1 is 0.812 bits per heavy atom. The Labute approximate surface area is 190 Å². The number of rotatable bonds is 6. The summed E-state index contributed by atoms with van der Waals surface area (Å²) < 4.78 is 60.1. The van der Waals surface area contributed by atoms with Crippen LogP contribution in [-0.4, -0.2) is 60.5 Å². The molecule has 2 aliphatic heterocycles. The Kier molecular flexibility index (Phi) is 6.75. The van der Waals surface area contributed by atoms with E-state index in [1.165, 1.54) is 28.6 Å². The molecule has 2 saturated heterocycles. The molecule has 0 bridgehead atoms. The van der Waals surface area contributed by atoms with Crippen LogP contribution in [0.25, 0.3) is 0 Å². The lowest BCUT2D eigenvalue weighted by Crippen LogP contribution is -2.40. The third-order valence-corrected chi connectivity index (χ3v) is 9.32. The molecule has 8 nitrogen and oxygen atoms in total. The van der Waals surface area contributed by atoms with E-state index in [1.54, 1.807) is 12.1 Å². The van der Waals surface area contributed by atoms with Crippen molar-refractivity contribution in [2.75, 3.05) is 49.0 Å². The maximum atomic E-state index is 12.8. The second-order valence-electron chi connectivity index (χ2n) is 8.31. The molecule has 1 N–H and O–H groups in total. The van der Waals surface area contributed by atoms with Gasteiger partial charge in [0.2, 0.25) is 10.0 Å². The first-order valence-electron chi connectivity index (χ1n) is 10.8. The zero-order valence-electron chi connectivity index (χ0n) is 18.1. The van der Waals surface area contributed by atoms with Gasteiger partial charge in [0.25, 0.3) is 10.0 Å². The zero-order chi connectivity index (χ0) is 22.8. The maximum absolute atomic E-state index is 12.8. The van der Waals surface area contributed by atoms with Crippen LogP contribution in [0.5, 0.6) is 0 Å². The molecule has 4 rings (SSSR count). The highest BCUT2D eigenvalue weighted by molar-refractivity contribution is 7.92. The van der Waals surface area contributed by atoms with Gasteiger partial charge in [-0.05, 0) is 67.3 Å². The number of hydrogen-bond donors (Lipinski definition) is 1. The Morgan fingerprint density at radius 2 is 1.38 bits per heavy atom. The molecule has 0 radical (unpaired) electrons. The molecule has 0 unspecified atom stereocenters. The largest absolute Gasteiger partial charge is 0.379 e. The van der Waals surface area contributed by atoms with E-state index in [0.29, 0.717) is 18.9 Å². The van der Waals surface area contributed by atoms with Crippen molar-refractivity contribution in [3.63, 3.8) is 0 Å². The highest BCUT2D eigenvalue weighted by Gasteiger charge is 2.27. The van der Waals surface area contributed by atoms with Gasteiger partial charge >= 0.3 is 0 Å². The molecule has 0 atom stereocenters. The number of ether oxygens (including phenoxy) is 1. The number of hydrogen-bond acceptors (Lipinski definition) is 6. The van der Waals surface area contributed by atoms with Gasteiger partial charge in [0.05, 0.1) is 23.0 Å². The van der Waals surface area contributed by atoms with E-state index in [2.05, 4.69) is 16.5 Å². The molecule has 174 valence electrons. The molecule has 2 aromatic rings. The topological polar surface area (TPSA) is 96.0 Å². The van der Waals surface area contributed by atoms with Crippen LogP contribution in [0.3, 0.4) is 0 Å². The van der Waals surface area contributed by atoms with Crippen LogP contribution in [0.2, 0.25) is 0 Å². The van der Waals surface area contributed by atoms with Crippen LogP contribution in [0, 0.1) is 5.92 Å². The predicted molar refractivity (Wildman–Crippen MR) is 124 cm³/mol. The molecule has 2 aliphatic rings. The van der Waals surface area contributed by atoms with Crippen molar-refractivity contribution >= 4 is 31.4 Å². The van der Waals surface area contributed by atoms with E-state index in [9.17, 15) is 16.8 Å². The molecular weight excluding hydrogens is 450 g/mol. The van der Waals surface area contributed by atoms with Gasteiger partial charge in [-0.15, -0.1) is 0 Å². The van der Waals surface area contributed by atoms with Crippen LogP contribution in [0.15, 0.2) is 58.3 Å². The molecule has 0 saturated carbocycles. The van der Waals surface area contributed by atoms with E-state index in [-0.39, 0.29) is 22.9 Å². The fraction of sp³-hybridized carbons (Fsp3) is 0.455. The standard InChI is InChI=1S/C22H29N3O5S2/c1-18-10-12-24(13-11-18)20-4-2-19(3-5-20)23-31(26,27)21-6-8-22(9-7-21)32(28,29)25-14-16-30-17-15-25/h2-9,18,23H,10-17H2,1H3. The average Bonchev–Trinajstić information content (AvgIpc) is 2.81.